The molecule has 1 atom stereocenters. The van der Waals surface area contributed by atoms with E-state index < -0.39 is 5.97 Å². The van der Waals surface area contributed by atoms with Crippen molar-refractivity contribution in [2.75, 3.05) is 13.1 Å². The topological polar surface area (TPSA) is 40.5 Å². The fourth-order valence-corrected chi connectivity index (χ4v) is 4.68. The van der Waals surface area contributed by atoms with Crippen LogP contribution in [0.25, 0.3) is 0 Å². The third-order valence-corrected chi connectivity index (χ3v) is 6.29. The van der Waals surface area contributed by atoms with E-state index in [9.17, 15) is 9.90 Å². The lowest BCUT2D eigenvalue weighted by molar-refractivity contribution is -0.143. The first-order chi connectivity index (χ1) is 12.0. The van der Waals surface area contributed by atoms with Gasteiger partial charge in [0.05, 0.1) is 12.0 Å². The number of carboxylic acids is 1. The molecule has 2 heterocycles. The first-order valence-electron chi connectivity index (χ1n) is 9.07. The number of carboxylic acid groups (broad SMARTS) is 1. The van der Waals surface area contributed by atoms with Gasteiger partial charge in [-0.15, -0.1) is 11.3 Å². The summed E-state index contributed by atoms with van der Waals surface area (Å²) in [6, 6.07) is 11.5. The van der Waals surface area contributed by atoms with Gasteiger partial charge in [0.1, 0.15) is 0 Å². The minimum Gasteiger partial charge on any atom is -0.481 e. The summed E-state index contributed by atoms with van der Waals surface area (Å²) in [5.41, 5.74) is 3.96. The van der Waals surface area contributed by atoms with Crippen molar-refractivity contribution in [1.29, 1.82) is 0 Å². The van der Waals surface area contributed by atoms with Crippen LogP contribution in [0.3, 0.4) is 0 Å². The van der Waals surface area contributed by atoms with E-state index in [1.807, 2.05) is 0 Å². The molecule has 1 unspecified atom stereocenters. The number of aryl methyl sites for hydroxylation is 1. The Labute approximate surface area is 154 Å². The molecule has 1 aromatic carbocycles. The minimum atomic E-state index is -0.649. The van der Waals surface area contributed by atoms with Crippen LogP contribution in [0.4, 0.5) is 0 Å². The van der Waals surface area contributed by atoms with Crippen LogP contribution in [0.2, 0.25) is 0 Å². The van der Waals surface area contributed by atoms with E-state index >= 15 is 0 Å². The number of thiophene rings is 1. The lowest BCUT2D eigenvalue weighted by Crippen LogP contribution is -2.39. The van der Waals surface area contributed by atoms with Crippen LogP contribution >= 0.6 is 11.3 Å². The Kier molecular flexibility index (Phi) is 5.60. The Morgan fingerprint density at radius 1 is 1.16 bits per heavy atom. The summed E-state index contributed by atoms with van der Waals surface area (Å²) < 4.78 is 0. The maximum absolute atomic E-state index is 11.3. The average Bonchev–Trinajstić information content (AvgIpc) is 3.02. The number of piperidine rings is 1. The Bertz CT molecular complexity index is 712. The van der Waals surface area contributed by atoms with E-state index in [1.165, 1.54) is 21.6 Å². The van der Waals surface area contributed by atoms with E-state index in [1.54, 1.807) is 11.3 Å². The van der Waals surface area contributed by atoms with E-state index in [0.717, 1.165) is 25.9 Å². The molecule has 3 rings (SSSR count). The molecule has 1 fully saturated rings. The van der Waals surface area contributed by atoms with Gasteiger partial charge in [-0.05, 0) is 66.9 Å². The molecule has 0 spiro atoms. The number of nitrogens with zero attached hydrogens (tertiary/aromatic N) is 1. The summed E-state index contributed by atoms with van der Waals surface area (Å²) >= 11 is 1.81. The second-order valence-corrected chi connectivity index (χ2v) is 8.34. The van der Waals surface area contributed by atoms with Gasteiger partial charge in [0.25, 0.3) is 0 Å². The summed E-state index contributed by atoms with van der Waals surface area (Å²) in [4.78, 5) is 15.1. The van der Waals surface area contributed by atoms with Crippen LogP contribution in [0, 0.1) is 12.8 Å². The lowest BCUT2D eigenvalue weighted by atomic mass is 9.92. The Morgan fingerprint density at radius 2 is 1.76 bits per heavy atom. The van der Waals surface area contributed by atoms with Gasteiger partial charge in [-0.1, -0.05) is 38.1 Å². The number of likely N-dealkylation sites (tertiary alicyclic amines) is 1. The van der Waals surface area contributed by atoms with Crippen LogP contribution in [-0.4, -0.2) is 29.1 Å². The molecule has 0 amide bonds. The Balaban J connectivity index is 1.87. The maximum Gasteiger partial charge on any atom is 0.306 e. The number of benzene rings is 1. The van der Waals surface area contributed by atoms with Gasteiger partial charge >= 0.3 is 5.97 Å². The monoisotopic (exact) mass is 357 g/mol. The predicted molar refractivity (Wildman–Crippen MR) is 103 cm³/mol. The molecule has 134 valence electrons. The van der Waals surface area contributed by atoms with Crippen LogP contribution < -0.4 is 0 Å². The fourth-order valence-electron chi connectivity index (χ4n) is 3.62. The SMILES string of the molecule is Cc1csc(C(c2ccc(C(C)C)cc2)N2CCC(C(=O)O)CC2)c1. The number of hydrogen-bond donors (Lipinski definition) is 1. The molecular weight excluding hydrogens is 330 g/mol. The van der Waals surface area contributed by atoms with Crippen molar-refractivity contribution in [2.24, 2.45) is 5.92 Å². The molecule has 0 saturated carbocycles. The van der Waals surface area contributed by atoms with Gasteiger partial charge in [0.2, 0.25) is 0 Å². The van der Waals surface area contributed by atoms with Crippen molar-refractivity contribution in [3.8, 4) is 0 Å². The molecule has 1 aliphatic rings. The third kappa shape index (κ3) is 4.13. The quantitative estimate of drug-likeness (QED) is 0.812. The minimum absolute atomic E-state index is 0.190. The van der Waals surface area contributed by atoms with E-state index in [-0.39, 0.29) is 12.0 Å². The van der Waals surface area contributed by atoms with Gasteiger partial charge in [0, 0.05) is 4.88 Å². The third-order valence-electron chi connectivity index (χ3n) is 5.18. The Hall–Kier alpha value is -1.65. The molecule has 1 saturated heterocycles. The zero-order valence-electron chi connectivity index (χ0n) is 15.2. The zero-order valence-corrected chi connectivity index (χ0v) is 16.1. The van der Waals surface area contributed by atoms with Crippen LogP contribution in [-0.2, 0) is 4.79 Å². The summed E-state index contributed by atoms with van der Waals surface area (Å²) in [7, 11) is 0. The van der Waals surface area contributed by atoms with Crippen molar-refractivity contribution < 1.29 is 9.90 Å². The van der Waals surface area contributed by atoms with Crippen molar-refractivity contribution in [3.05, 3.63) is 57.3 Å². The molecule has 0 aliphatic carbocycles. The summed E-state index contributed by atoms with van der Waals surface area (Å²) in [5.74, 6) is -0.308. The molecular formula is C21H27NO2S. The molecule has 0 bridgehead atoms. The molecule has 25 heavy (non-hydrogen) atoms. The van der Waals surface area contributed by atoms with Crippen LogP contribution in [0.1, 0.15) is 60.2 Å². The molecule has 2 aromatic rings. The van der Waals surface area contributed by atoms with E-state index in [4.69, 9.17) is 0 Å². The number of aliphatic carboxylic acids is 1. The highest BCUT2D eigenvalue weighted by Crippen LogP contribution is 2.36. The number of hydrogen-bond acceptors (Lipinski definition) is 3. The number of rotatable bonds is 5. The molecule has 4 heteroatoms. The highest BCUT2D eigenvalue weighted by Gasteiger charge is 2.30. The second-order valence-electron chi connectivity index (χ2n) is 7.40. The molecule has 1 N–H and O–H groups in total. The average molecular weight is 358 g/mol. The second kappa shape index (κ2) is 7.71. The van der Waals surface area contributed by atoms with Crippen molar-refractivity contribution >= 4 is 17.3 Å². The normalized spacial score (nSPS) is 17.8. The van der Waals surface area contributed by atoms with Gasteiger partial charge in [0.15, 0.2) is 0 Å². The zero-order chi connectivity index (χ0) is 18.0. The van der Waals surface area contributed by atoms with Gasteiger partial charge in [-0.25, -0.2) is 0 Å². The summed E-state index contributed by atoms with van der Waals surface area (Å²) in [6.07, 6.45) is 1.47. The van der Waals surface area contributed by atoms with Gasteiger partial charge in [-0.3, -0.25) is 9.69 Å². The summed E-state index contributed by atoms with van der Waals surface area (Å²) in [5, 5.41) is 11.5. The smallest absolute Gasteiger partial charge is 0.306 e. The highest BCUT2D eigenvalue weighted by molar-refractivity contribution is 7.10. The first kappa shape index (κ1) is 18.2. The van der Waals surface area contributed by atoms with Gasteiger partial charge in [-0.2, -0.15) is 0 Å². The fraction of sp³-hybridized carbons (Fsp3) is 0.476. The highest BCUT2D eigenvalue weighted by atomic mass is 32.1. The van der Waals surface area contributed by atoms with Crippen molar-refractivity contribution in [2.45, 2.75) is 45.6 Å². The van der Waals surface area contributed by atoms with Gasteiger partial charge < -0.3 is 5.11 Å². The first-order valence-corrected chi connectivity index (χ1v) is 9.95. The predicted octanol–water partition coefficient (Wildman–Crippen LogP) is 5.07. The van der Waals surface area contributed by atoms with Crippen LogP contribution in [0.5, 0.6) is 0 Å². The summed E-state index contributed by atoms with van der Waals surface area (Å²) in [6.45, 7) is 8.24. The molecule has 3 nitrogen and oxygen atoms in total. The van der Waals surface area contributed by atoms with Crippen LogP contribution in [0.15, 0.2) is 35.7 Å². The largest absolute Gasteiger partial charge is 0.481 e. The maximum atomic E-state index is 11.3. The molecule has 1 aromatic heterocycles. The van der Waals surface area contributed by atoms with Crippen molar-refractivity contribution in [3.63, 3.8) is 0 Å². The molecule has 0 radical (unpaired) electrons. The Morgan fingerprint density at radius 3 is 2.24 bits per heavy atom. The van der Waals surface area contributed by atoms with Crippen molar-refractivity contribution in [1.82, 2.24) is 4.90 Å². The lowest BCUT2D eigenvalue weighted by Gasteiger charge is -2.36. The van der Waals surface area contributed by atoms with E-state index in [2.05, 4.69) is 61.4 Å². The standard InChI is InChI=1S/C21H27NO2S/c1-14(2)16-4-6-17(7-5-16)20(19-12-15(3)13-25-19)22-10-8-18(9-11-22)21(23)24/h4-7,12-14,18,20H,8-11H2,1-3H3,(H,23,24). The molecule has 1 aliphatic heterocycles. The van der Waals surface area contributed by atoms with E-state index in [0.29, 0.717) is 5.92 Å². The number of carbonyl (C=O) groups is 1.